The minimum atomic E-state index is -1.12. The lowest BCUT2D eigenvalue weighted by Gasteiger charge is -2.31. The Hall–Kier alpha value is -1.06. The number of carbonyl (C=O) groups is 2. The summed E-state index contributed by atoms with van der Waals surface area (Å²) in [5.41, 5.74) is -1.69. The second kappa shape index (κ2) is 4.64. The molecule has 0 fully saturated rings. The minimum Gasteiger partial charge on any atom is -0.480 e. The zero-order chi connectivity index (χ0) is 12.3. The fraction of sp³-hybridized carbons (Fsp3) is 0.818. The van der Waals surface area contributed by atoms with E-state index in [-0.39, 0.29) is 5.91 Å². The molecule has 0 atom stereocenters. The van der Waals surface area contributed by atoms with Gasteiger partial charge in [0, 0.05) is 5.41 Å². The Morgan fingerprint density at radius 2 is 1.53 bits per heavy atom. The molecular weight excluding hydrogens is 194 g/mol. The first-order valence-corrected chi connectivity index (χ1v) is 5.25. The van der Waals surface area contributed by atoms with Crippen molar-refractivity contribution >= 4 is 11.9 Å². The molecule has 88 valence electrons. The summed E-state index contributed by atoms with van der Waals surface area (Å²) in [5.74, 6) is -1.20. The van der Waals surface area contributed by atoms with E-state index in [1.807, 2.05) is 0 Å². The molecule has 0 unspecified atom stereocenters. The van der Waals surface area contributed by atoms with Crippen LogP contribution in [-0.4, -0.2) is 22.5 Å². The molecule has 4 nitrogen and oxygen atoms in total. The van der Waals surface area contributed by atoms with Crippen molar-refractivity contribution < 1.29 is 14.7 Å². The third kappa shape index (κ3) is 3.22. The number of carboxylic acid groups (broad SMARTS) is 1. The third-order valence-corrected chi connectivity index (χ3v) is 2.65. The highest BCUT2D eigenvalue weighted by molar-refractivity contribution is 5.89. The van der Waals surface area contributed by atoms with Crippen LogP contribution >= 0.6 is 0 Å². The lowest BCUT2D eigenvalue weighted by molar-refractivity contribution is -0.149. The maximum atomic E-state index is 11.7. The maximum Gasteiger partial charge on any atom is 0.329 e. The van der Waals surface area contributed by atoms with Gasteiger partial charge in [-0.3, -0.25) is 4.79 Å². The van der Waals surface area contributed by atoms with Crippen molar-refractivity contribution in [3.63, 3.8) is 0 Å². The SMILES string of the molecule is CCC(CC)(NC(=O)C(C)(C)C)C(=O)O. The van der Waals surface area contributed by atoms with Crippen LogP contribution < -0.4 is 5.32 Å². The molecule has 0 saturated heterocycles. The number of carbonyl (C=O) groups excluding carboxylic acids is 1. The summed E-state index contributed by atoms with van der Waals surface area (Å²) in [6, 6.07) is 0. The van der Waals surface area contributed by atoms with Gasteiger partial charge < -0.3 is 10.4 Å². The van der Waals surface area contributed by atoms with Gasteiger partial charge in [0.25, 0.3) is 0 Å². The molecule has 0 spiro atoms. The smallest absolute Gasteiger partial charge is 0.329 e. The highest BCUT2D eigenvalue weighted by atomic mass is 16.4. The summed E-state index contributed by atoms with van der Waals surface area (Å²) in [6.45, 7) is 8.82. The fourth-order valence-electron chi connectivity index (χ4n) is 1.19. The van der Waals surface area contributed by atoms with Crippen molar-refractivity contribution in [2.45, 2.75) is 53.0 Å². The van der Waals surface area contributed by atoms with Crippen LogP contribution in [0.5, 0.6) is 0 Å². The normalized spacial score (nSPS) is 12.3. The first-order chi connectivity index (χ1) is 6.69. The molecule has 0 aromatic carbocycles. The quantitative estimate of drug-likeness (QED) is 0.751. The van der Waals surface area contributed by atoms with Crippen molar-refractivity contribution in [1.82, 2.24) is 5.32 Å². The van der Waals surface area contributed by atoms with E-state index in [2.05, 4.69) is 5.32 Å². The van der Waals surface area contributed by atoms with Gasteiger partial charge in [0.05, 0.1) is 0 Å². The number of rotatable bonds is 4. The van der Waals surface area contributed by atoms with Crippen LogP contribution in [0.3, 0.4) is 0 Å². The lowest BCUT2D eigenvalue weighted by Crippen LogP contribution is -2.56. The summed E-state index contributed by atoms with van der Waals surface area (Å²) in [7, 11) is 0. The first kappa shape index (κ1) is 13.9. The molecule has 0 heterocycles. The van der Waals surface area contributed by atoms with Gasteiger partial charge in [-0.2, -0.15) is 0 Å². The van der Waals surface area contributed by atoms with E-state index in [0.717, 1.165) is 0 Å². The van der Waals surface area contributed by atoms with Gasteiger partial charge in [0.1, 0.15) is 5.54 Å². The fourth-order valence-corrected chi connectivity index (χ4v) is 1.19. The third-order valence-electron chi connectivity index (χ3n) is 2.65. The average Bonchev–Trinajstić information content (AvgIpc) is 2.11. The van der Waals surface area contributed by atoms with Crippen LogP contribution in [0.2, 0.25) is 0 Å². The number of hydrogen-bond donors (Lipinski definition) is 2. The highest BCUT2D eigenvalue weighted by Crippen LogP contribution is 2.20. The van der Waals surface area contributed by atoms with Crippen LogP contribution in [0, 0.1) is 5.41 Å². The van der Waals surface area contributed by atoms with E-state index in [0.29, 0.717) is 12.8 Å². The summed E-state index contributed by atoms with van der Waals surface area (Å²) in [5, 5.41) is 11.8. The number of nitrogens with one attached hydrogen (secondary N) is 1. The van der Waals surface area contributed by atoms with E-state index >= 15 is 0 Å². The van der Waals surface area contributed by atoms with E-state index in [1.54, 1.807) is 34.6 Å². The largest absolute Gasteiger partial charge is 0.480 e. The van der Waals surface area contributed by atoms with Crippen LogP contribution in [-0.2, 0) is 9.59 Å². The summed E-state index contributed by atoms with van der Waals surface area (Å²) < 4.78 is 0. The van der Waals surface area contributed by atoms with Crippen molar-refractivity contribution in [2.24, 2.45) is 5.41 Å². The Morgan fingerprint density at radius 1 is 1.13 bits per heavy atom. The second-order valence-corrected chi connectivity index (χ2v) is 4.80. The van der Waals surface area contributed by atoms with E-state index < -0.39 is 16.9 Å². The molecule has 0 bridgehead atoms. The van der Waals surface area contributed by atoms with Gasteiger partial charge in [0.15, 0.2) is 0 Å². The van der Waals surface area contributed by atoms with Gasteiger partial charge in [-0.05, 0) is 12.8 Å². The molecule has 0 aliphatic rings. The van der Waals surface area contributed by atoms with Gasteiger partial charge in [-0.15, -0.1) is 0 Å². The molecule has 0 saturated carbocycles. The van der Waals surface area contributed by atoms with Gasteiger partial charge >= 0.3 is 5.97 Å². The molecule has 0 aliphatic carbocycles. The van der Waals surface area contributed by atoms with Crippen molar-refractivity contribution in [2.75, 3.05) is 0 Å². The molecule has 15 heavy (non-hydrogen) atoms. The van der Waals surface area contributed by atoms with Crippen LogP contribution in [0.15, 0.2) is 0 Å². The molecule has 0 rings (SSSR count). The number of hydrogen-bond acceptors (Lipinski definition) is 2. The summed E-state index contributed by atoms with van der Waals surface area (Å²) in [4.78, 5) is 22.9. The summed E-state index contributed by atoms with van der Waals surface area (Å²) in [6.07, 6.45) is 0.779. The number of carboxylic acids is 1. The highest BCUT2D eigenvalue weighted by Gasteiger charge is 2.38. The van der Waals surface area contributed by atoms with Crippen molar-refractivity contribution in [3.05, 3.63) is 0 Å². The molecule has 1 amide bonds. The Morgan fingerprint density at radius 3 is 1.73 bits per heavy atom. The molecule has 4 heteroatoms. The topological polar surface area (TPSA) is 66.4 Å². The predicted octanol–water partition coefficient (Wildman–Crippen LogP) is 1.79. The van der Waals surface area contributed by atoms with Crippen LogP contribution in [0.4, 0.5) is 0 Å². The summed E-state index contributed by atoms with van der Waals surface area (Å²) >= 11 is 0. The molecule has 2 N–H and O–H groups in total. The molecular formula is C11H21NO3. The molecule has 0 aromatic heterocycles. The van der Waals surface area contributed by atoms with Crippen molar-refractivity contribution in [3.8, 4) is 0 Å². The Labute approximate surface area is 91.1 Å². The maximum absolute atomic E-state index is 11.7. The second-order valence-electron chi connectivity index (χ2n) is 4.80. The van der Waals surface area contributed by atoms with Crippen LogP contribution in [0.25, 0.3) is 0 Å². The van der Waals surface area contributed by atoms with Crippen LogP contribution in [0.1, 0.15) is 47.5 Å². The Kier molecular flexibility index (Phi) is 4.31. The minimum absolute atomic E-state index is 0.228. The van der Waals surface area contributed by atoms with Crippen molar-refractivity contribution in [1.29, 1.82) is 0 Å². The molecule has 0 aliphatic heterocycles. The van der Waals surface area contributed by atoms with E-state index in [1.165, 1.54) is 0 Å². The standard InChI is InChI=1S/C11H21NO3/c1-6-11(7-2,9(14)15)12-8(13)10(3,4)5/h6-7H2,1-5H3,(H,12,13)(H,14,15). The van der Waals surface area contributed by atoms with Gasteiger partial charge in [-0.25, -0.2) is 4.79 Å². The molecule has 0 radical (unpaired) electrons. The zero-order valence-electron chi connectivity index (χ0n) is 10.2. The van der Waals surface area contributed by atoms with E-state index in [4.69, 9.17) is 5.11 Å². The number of amides is 1. The van der Waals surface area contributed by atoms with Gasteiger partial charge in [-0.1, -0.05) is 34.6 Å². The Bertz CT molecular complexity index is 249. The van der Waals surface area contributed by atoms with E-state index in [9.17, 15) is 9.59 Å². The molecule has 0 aromatic rings. The monoisotopic (exact) mass is 215 g/mol. The lowest BCUT2D eigenvalue weighted by atomic mass is 9.89. The average molecular weight is 215 g/mol. The van der Waals surface area contributed by atoms with Gasteiger partial charge in [0.2, 0.25) is 5.91 Å². The Balaban J connectivity index is 4.85. The number of aliphatic carboxylic acids is 1. The predicted molar refractivity (Wildman–Crippen MR) is 58.5 cm³/mol. The zero-order valence-corrected chi connectivity index (χ0v) is 10.2. The first-order valence-electron chi connectivity index (χ1n) is 5.25.